The van der Waals surface area contributed by atoms with Crippen LogP contribution >= 0.6 is 0 Å². The summed E-state index contributed by atoms with van der Waals surface area (Å²) in [7, 11) is 0. The molecule has 0 saturated heterocycles. The molecule has 0 fully saturated rings. The van der Waals surface area contributed by atoms with E-state index in [0.29, 0.717) is 12.6 Å². The molecule has 108 valence electrons. The number of hydrogen-bond donors (Lipinski definition) is 1. The van der Waals surface area contributed by atoms with Crippen LogP contribution in [0.5, 0.6) is 5.75 Å². The Labute approximate surface area is 120 Å². The van der Waals surface area contributed by atoms with E-state index < -0.39 is 0 Å². The van der Waals surface area contributed by atoms with Gasteiger partial charge < -0.3 is 14.6 Å². The summed E-state index contributed by atoms with van der Waals surface area (Å²) in [5, 5.41) is 3.40. The fourth-order valence-corrected chi connectivity index (χ4v) is 1.93. The molecule has 0 atom stereocenters. The second kappa shape index (κ2) is 7.10. The Bertz CT molecular complexity index is 517. The van der Waals surface area contributed by atoms with E-state index in [1.165, 1.54) is 5.56 Å². The number of nitrogens with zero attached hydrogens (tertiary/aromatic N) is 2. The lowest BCUT2D eigenvalue weighted by Gasteiger charge is -2.10. The van der Waals surface area contributed by atoms with Gasteiger partial charge in [-0.2, -0.15) is 0 Å². The molecule has 0 aliphatic carbocycles. The molecule has 1 N–H and O–H groups in total. The molecule has 1 aromatic carbocycles. The van der Waals surface area contributed by atoms with Gasteiger partial charge in [-0.15, -0.1) is 0 Å². The molecule has 0 radical (unpaired) electrons. The smallest absolute Gasteiger partial charge is 0.119 e. The van der Waals surface area contributed by atoms with Crippen LogP contribution < -0.4 is 10.1 Å². The molecule has 0 unspecified atom stereocenters. The topological polar surface area (TPSA) is 39.1 Å². The normalized spacial score (nSPS) is 11.0. The highest BCUT2D eigenvalue weighted by Crippen LogP contribution is 2.12. The van der Waals surface area contributed by atoms with Crippen molar-refractivity contribution in [1.82, 2.24) is 14.9 Å². The molecule has 0 bridgehead atoms. The largest absolute Gasteiger partial charge is 0.492 e. The standard InChI is InChI=1S/C16H23N3O/c1-13(2)18-12-15-4-6-16(7-5-15)20-11-10-19-9-8-17-14(19)3/h4-9,13,18H,10-12H2,1-3H3. The van der Waals surface area contributed by atoms with E-state index in [2.05, 4.69) is 40.8 Å². The van der Waals surface area contributed by atoms with Crippen molar-refractivity contribution < 1.29 is 4.74 Å². The van der Waals surface area contributed by atoms with E-state index in [-0.39, 0.29) is 0 Å². The van der Waals surface area contributed by atoms with Gasteiger partial charge in [0.2, 0.25) is 0 Å². The van der Waals surface area contributed by atoms with Gasteiger partial charge in [0.05, 0.1) is 6.54 Å². The van der Waals surface area contributed by atoms with Gasteiger partial charge in [0.25, 0.3) is 0 Å². The first kappa shape index (κ1) is 14.6. The third-order valence-electron chi connectivity index (χ3n) is 3.16. The highest BCUT2D eigenvalue weighted by Gasteiger charge is 1.99. The number of nitrogens with one attached hydrogen (secondary N) is 1. The Morgan fingerprint density at radius 3 is 2.60 bits per heavy atom. The third kappa shape index (κ3) is 4.38. The predicted octanol–water partition coefficient (Wildman–Crippen LogP) is 2.77. The number of benzene rings is 1. The monoisotopic (exact) mass is 273 g/mol. The maximum Gasteiger partial charge on any atom is 0.119 e. The molecule has 4 heteroatoms. The van der Waals surface area contributed by atoms with E-state index in [9.17, 15) is 0 Å². The van der Waals surface area contributed by atoms with Gasteiger partial charge >= 0.3 is 0 Å². The molecule has 4 nitrogen and oxygen atoms in total. The Hall–Kier alpha value is -1.81. The minimum absolute atomic E-state index is 0.504. The highest BCUT2D eigenvalue weighted by atomic mass is 16.5. The summed E-state index contributed by atoms with van der Waals surface area (Å²) in [4.78, 5) is 4.19. The molecule has 2 aromatic rings. The Morgan fingerprint density at radius 2 is 2.00 bits per heavy atom. The van der Waals surface area contributed by atoms with Crippen LogP contribution in [0.3, 0.4) is 0 Å². The van der Waals surface area contributed by atoms with Gasteiger partial charge in [0.1, 0.15) is 18.2 Å². The van der Waals surface area contributed by atoms with Crippen LogP contribution in [0.1, 0.15) is 25.2 Å². The number of hydrogen-bond acceptors (Lipinski definition) is 3. The Morgan fingerprint density at radius 1 is 1.25 bits per heavy atom. The lowest BCUT2D eigenvalue weighted by atomic mass is 10.2. The summed E-state index contributed by atoms with van der Waals surface area (Å²) in [5.41, 5.74) is 1.27. The number of aromatic nitrogens is 2. The van der Waals surface area contributed by atoms with Gasteiger partial charge in [0.15, 0.2) is 0 Å². The predicted molar refractivity (Wildman–Crippen MR) is 80.9 cm³/mol. The zero-order valence-corrected chi connectivity index (χ0v) is 12.5. The number of ether oxygens (including phenoxy) is 1. The van der Waals surface area contributed by atoms with Gasteiger partial charge in [-0.25, -0.2) is 4.98 Å². The molecular formula is C16H23N3O. The average molecular weight is 273 g/mol. The van der Waals surface area contributed by atoms with Crippen molar-refractivity contribution in [2.75, 3.05) is 6.61 Å². The molecule has 1 heterocycles. The molecular weight excluding hydrogens is 250 g/mol. The van der Waals surface area contributed by atoms with Crippen LogP contribution in [0.25, 0.3) is 0 Å². The van der Waals surface area contributed by atoms with E-state index in [1.807, 2.05) is 31.5 Å². The van der Waals surface area contributed by atoms with Crippen LogP contribution in [0, 0.1) is 6.92 Å². The van der Waals surface area contributed by atoms with Crippen LogP contribution in [0.4, 0.5) is 0 Å². The second-order valence-electron chi connectivity index (χ2n) is 5.20. The molecule has 0 spiro atoms. The molecule has 0 aliphatic rings. The lowest BCUT2D eigenvalue weighted by Crippen LogP contribution is -2.21. The highest BCUT2D eigenvalue weighted by molar-refractivity contribution is 5.27. The zero-order valence-electron chi connectivity index (χ0n) is 12.5. The van der Waals surface area contributed by atoms with Crippen molar-refractivity contribution in [2.45, 2.75) is 39.9 Å². The first-order valence-corrected chi connectivity index (χ1v) is 7.08. The van der Waals surface area contributed by atoms with Gasteiger partial charge in [-0.1, -0.05) is 26.0 Å². The number of aryl methyl sites for hydroxylation is 1. The van der Waals surface area contributed by atoms with Crippen LogP contribution in [-0.2, 0) is 13.1 Å². The quantitative estimate of drug-likeness (QED) is 0.843. The van der Waals surface area contributed by atoms with Crippen LogP contribution in [0.15, 0.2) is 36.7 Å². The minimum Gasteiger partial charge on any atom is -0.492 e. The molecule has 2 rings (SSSR count). The fourth-order valence-electron chi connectivity index (χ4n) is 1.93. The second-order valence-corrected chi connectivity index (χ2v) is 5.20. The van der Waals surface area contributed by atoms with E-state index in [4.69, 9.17) is 4.74 Å². The van der Waals surface area contributed by atoms with Crippen molar-refractivity contribution in [1.29, 1.82) is 0 Å². The van der Waals surface area contributed by atoms with Crippen molar-refractivity contribution >= 4 is 0 Å². The molecule has 0 aliphatic heterocycles. The summed E-state index contributed by atoms with van der Waals surface area (Å²) in [6.45, 7) is 8.66. The van der Waals surface area contributed by atoms with Crippen molar-refractivity contribution in [3.05, 3.63) is 48.0 Å². The number of imidazole rings is 1. The summed E-state index contributed by atoms with van der Waals surface area (Å²) >= 11 is 0. The molecule has 0 amide bonds. The van der Waals surface area contributed by atoms with E-state index in [1.54, 1.807) is 0 Å². The maximum absolute atomic E-state index is 5.75. The van der Waals surface area contributed by atoms with Crippen molar-refractivity contribution in [2.24, 2.45) is 0 Å². The minimum atomic E-state index is 0.504. The summed E-state index contributed by atoms with van der Waals surface area (Å²) in [6.07, 6.45) is 3.78. The summed E-state index contributed by atoms with van der Waals surface area (Å²) < 4.78 is 7.83. The van der Waals surface area contributed by atoms with Gasteiger partial charge in [-0.3, -0.25) is 0 Å². The first-order valence-electron chi connectivity index (χ1n) is 7.08. The Balaban J connectivity index is 1.77. The molecule has 0 saturated carbocycles. The van der Waals surface area contributed by atoms with E-state index in [0.717, 1.165) is 24.7 Å². The summed E-state index contributed by atoms with van der Waals surface area (Å²) in [5.74, 6) is 1.93. The van der Waals surface area contributed by atoms with Crippen molar-refractivity contribution in [3.8, 4) is 5.75 Å². The van der Waals surface area contributed by atoms with E-state index >= 15 is 0 Å². The summed E-state index contributed by atoms with van der Waals surface area (Å²) in [6, 6.07) is 8.76. The maximum atomic E-state index is 5.75. The zero-order chi connectivity index (χ0) is 14.4. The van der Waals surface area contributed by atoms with Gasteiger partial charge in [0, 0.05) is 25.0 Å². The molecule has 20 heavy (non-hydrogen) atoms. The average Bonchev–Trinajstić information content (AvgIpc) is 2.83. The van der Waals surface area contributed by atoms with Crippen LogP contribution in [-0.4, -0.2) is 22.2 Å². The molecule has 1 aromatic heterocycles. The lowest BCUT2D eigenvalue weighted by molar-refractivity contribution is 0.297. The number of rotatable bonds is 7. The fraction of sp³-hybridized carbons (Fsp3) is 0.438. The van der Waals surface area contributed by atoms with Crippen molar-refractivity contribution in [3.63, 3.8) is 0 Å². The first-order chi connectivity index (χ1) is 9.65. The van der Waals surface area contributed by atoms with Crippen LogP contribution in [0.2, 0.25) is 0 Å². The Kier molecular flexibility index (Phi) is 5.18. The SMILES string of the molecule is Cc1nccn1CCOc1ccc(CNC(C)C)cc1. The third-order valence-corrected chi connectivity index (χ3v) is 3.16. The van der Waals surface area contributed by atoms with Gasteiger partial charge in [-0.05, 0) is 24.6 Å².